The number of hydrogen-bond donors (Lipinski definition) is 0. The zero-order valence-corrected chi connectivity index (χ0v) is 12.7. The molecule has 0 saturated carbocycles. The molecule has 0 spiro atoms. The summed E-state index contributed by atoms with van der Waals surface area (Å²) in [6.07, 6.45) is 0. The third-order valence-corrected chi connectivity index (χ3v) is 3.44. The second-order valence-electron chi connectivity index (χ2n) is 5.03. The maximum absolute atomic E-state index is 12.1. The molecule has 0 fully saturated rings. The van der Waals surface area contributed by atoms with Gasteiger partial charge in [0.25, 0.3) is 11.6 Å². The van der Waals surface area contributed by atoms with Crippen molar-refractivity contribution in [1.29, 1.82) is 0 Å². The topological polar surface area (TPSA) is 113 Å². The van der Waals surface area contributed by atoms with Crippen LogP contribution in [0.3, 0.4) is 0 Å². The summed E-state index contributed by atoms with van der Waals surface area (Å²) in [5.74, 6) is -3.16. The summed E-state index contributed by atoms with van der Waals surface area (Å²) in [6.45, 7) is 1.49. The minimum Gasteiger partial charge on any atom is -0.543 e. The Hall–Kier alpha value is -3.35. The van der Waals surface area contributed by atoms with Crippen LogP contribution in [0.5, 0.6) is 0 Å². The van der Waals surface area contributed by atoms with Crippen molar-refractivity contribution < 1.29 is 19.6 Å². The monoisotopic (exact) mass is 325 g/mol. The molecule has 2 aromatic rings. The van der Waals surface area contributed by atoms with Gasteiger partial charge in [-0.15, -0.1) is 0 Å². The first-order chi connectivity index (χ1) is 11.4. The fourth-order valence-corrected chi connectivity index (χ4v) is 2.14. The Bertz CT molecular complexity index is 815. The number of nitrogens with zero attached hydrogens (tertiary/aromatic N) is 2. The van der Waals surface area contributed by atoms with Crippen molar-refractivity contribution in [3.05, 3.63) is 75.8 Å². The molecule has 24 heavy (non-hydrogen) atoms. The molecular formula is C17H13N2O5-. The van der Waals surface area contributed by atoms with Crippen molar-refractivity contribution in [1.82, 2.24) is 0 Å². The number of non-ortho nitro benzene ring substituents is 1. The Kier molecular flexibility index (Phi) is 5.16. The molecule has 122 valence electrons. The van der Waals surface area contributed by atoms with Crippen LogP contribution in [0, 0.1) is 10.1 Å². The predicted octanol–water partition coefficient (Wildman–Crippen LogP) is 1.73. The summed E-state index contributed by atoms with van der Waals surface area (Å²) in [7, 11) is 0. The van der Waals surface area contributed by atoms with Gasteiger partial charge in [0.15, 0.2) is 0 Å². The average Bonchev–Trinajstić information content (AvgIpc) is 2.59. The Balaban J connectivity index is 2.38. The number of carboxylic acid groups (broad SMARTS) is 1. The minimum absolute atomic E-state index is 0.175. The van der Waals surface area contributed by atoms with Gasteiger partial charge in [-0.2, -0.15) is 0 Å². The predicted molar refractivity (Wildman–Crippen MR) is 84.7 cm³/mol. The van der Waals surface area contributed by atoms with Crippen LogP contribution in [0.15, 0.2) is 59.6 Å². The van der Waals surface area contributed by atoms with Crippen LogP contribution in [0.1, 0.15) is 28.8 Å². The van der Waals surface area contributed by atoms with E-state index in [0.29, 0.717) is 5.56 Å². The van der Waals surface area contributed by atoms with Crippen molar-refractivity contribution >= 4 is 23.3 Å². The molecule has 0 N–H and O–H groups in total. The number of aliphatic imine (C=N–C) groups is 1. The van der Waals surface area contributed by atoms with Crippen molar-refractivity contribution in [2.75, 3.05) is 0 Å². The molecule has 0 saturated heterocycles. The number of amides is 1. The van der Waals surface area contributed by atoms with Crippen LogP contribution in [0.2, 0.25) is 0 Å². The molecule has 0 aromatic heterocycles. The van der Waals surface area contributed by atoms with Gasteiger partial charge >= 0.3 is 0 Å². The Morgan fingerprint density at radius 2 is 1.75 bits per heavy atom. The lowest BCUT2D eigenvalue weighted by Gasteiger charge is -2.15. The number of benzene rings is 2. The summed E-state index contributed by atoms with van der Waals surface area (Å²) < 4.78 is 0. The minimum atomic E-state index is -1.60. The highest BCUT2D eigenvalue weighted by molar-refractivity contribution is 6.39. The molecule has 0 bridgehead atoms. The lowest BCUT2D eigenvalue weighted by atomic mass is 9.95. The normalized spacial score (nSPS) is 12.5. The first-order valence-corrected chi connectivity index (χ1v) is 7.04. The number of aliphatic carboxylic acids is 1. The average molecular weight is 325 g/mol. The largest absolute Gasteiger partial charge is 0.543 e. The van der Waals surface area contributed by atoms with E-state index < -0.39 is 28.4 Å². The van der Waals surface area contributed by atoms with E-state index >= 15 is 0 Å². The molecule has 7 heteroatoms. The molecule has 0 aliphatic rings. The lowest BCUT2D eigenvalue weighted by molar-refractivity contribution is -0.384. The number of rotatable bonds is 5. The van der Waals surface area contributed by atoms with Crippen molar-refractivity contribution in [3.8, 4) is 0 Å². The molecule has 1 atom stereocenters. The zero-order chi connectivity index (χ0) is 17.7. The molecule has 0 aliphatic carbocycles. The zero-order valence-electron chi connectivity index (χ0n) is 12.7. The Labute approximate surface area is 137 Å². The summed E-state index contributed by atoms with van der Waals surface area (Å²) in [5.41, 5.74) is -0.0636. The fraction of sp³-hybridized carbons (Fsp3) is 0.118. The Morgan fingerprint density at radius 3 is 2.33 bits per heavy atom. The van der Waals surface area contributed by atoms with E-state index in [1.807, 2.05) is 0 Å². The van der Waals surface area contributed by atoms with E-state index in [4.69, 9.17) is 0 Å². The van der Waals surface area contributed by atoms with Gasteiger partial charge in [0, 0.05) is 23.6 Å². The molecule has 0 radical (unpaired) electrons. The first kappa shape index (κ1) is 17.0. The van der Waals surface area contributed by atoms with Gasteiger partial charge in [-0.3, -0.25) is 14.9 Å². The summed E-state index contributed by atoms with van der Waals surface area (Å²) in [4.78, 5) is 37.4. The van der Waals surface area contributed by atoms with E-state index in [1.54, 1.807) is 18.2 Å². The third-order valence-electron chi connectivity index (χ3n) is 3.44. The van der Waals surface area contributed by atoms with Gasteiger partial charge in [0.1, 0.15) is 0 Å². The van der Waals surface area contributed by atoms with Gasteiger partial charge in [-0.05, 0) is 17.7 Å². The number of nitro benzene ring substituents is 1. The number of nitro groups is 1. The van der Waals surface area contributed by atoms with Crippen molar-refractivity contribution in [2.24, 2.45) is 4.99 Å². The second-order valence-corrected chi connectivity index (χ2v) is 5.03. The van der Waals surface area contributed by atoms with Gasteiger partial charge in [0.05, 0.1) is 16.6 Å². The highest BCUT2D eigenvalue weighted by atomic mass is 16.6. The quantitative estimate of drug-likeness (QED) is 0.472. The van der Waals surface area contributed by atoms with Crippen LogP contribution in [0.4, 0.5) is 5.69 Å². The van der Waals surface area contributed by atoms with Gasteiger partial charge < -0.3 is 9.90 Å². The van der Waals surface area contributed by atoms with Crippen LogP contribution in [-0.4, -0.2) is 22.5 Å². The van der Waals surface area contributed by atoms with Gasteiger partial charge in [-0.25, -0.2) is 4.99 Å². The number of hydrogen-bond acceptors (Lipinski definition) is 5. The maximum Gasteiger partial charge on any atom is 0.277 e. The van der Waals surface area contributed by atoms with Gasteiger partial charge in [0.2, 0.25) is 0 Å². The summed E-state index contributed by atoms with van der Waals surface area (Å²) in [6, 6.07) is 13.5. The standard InChI is InChI=1S/C17H14N2O5/c1-11(13-8-5-9-14(10-13)19(23)24)15(17(21)22)18-16(20)12-6-3-2-4-7-12/h2-11H,1H3,(H,21,22)/p-1. The fourth-order valence-electron chi connectivity index (χ4n) is 2.14. The first-order valence-electron chi connectivity index (χ1n) is 7.04. The van der Waals surface area contributed by atoms with Crippen LogP contribution >= 0.6 is 0 Å². The van der Waals surface area contributed by atoms with Crippen LogP contribution < -0.4 is 5.11 Å². The molecular weight excluding hydrogens is 312 g/mol. The molecule has 7 nitrogen and oxygen atoms in total. The summed E-state index contributed by atoms with van der Waals surface area (Å²) in [5, 5.41) is 22.2. The molecule has 0 aliphatic heterocycles. The van der Waals surface area contributed by atoms with E-state index in [9.17, 15) is 24.8 Å². The molecule has 2 rings (SSSR count). The molecule has 1 amide bonds. The molecule has 0 heterocycles. The van der Waals surface area contributed by atoms with E-state index in [0.717, 1.165) is 0 Å². The lowest BCUT2D eigenvalue weighted by Crippen LogP contribution is -2.35. The molecule has 1 unspecified atom stereocenters. The second kappa shape index (κ2) is 7.28. The smallest absolute Gasteiger partial charge is 0.277 e. The SMILES string of the molecule is CC(C(=NC(=O)c1ccccc1)C(=O)[O-])c1cccc([N+](=O)[O-])c1. The Morgan fingerprint density at radius 1 is 1.08 bits per heavy atom. The van der Waals surface area contributed by atoms with Crippen molar-refractivity contribution in [2.45, 2.75) is 12.8 Å². The van der Waals surface area contributed by atoms with Gasteiger partial charge in [-0.1, -0.05) is 37.3 Å². The maximum atomic E-state index is 12.1. The number of carbonyl (C=O) groups excluding carboxylic acids is 2. The highest BCUT2D eigenvalue weighted by Gasteiger charge is 2.19. The van der Waals surface area contributed by atoms with E-state index in [-0.39, 0.29) is 11.3 Å². The van der Waals surface area contributed by atoms with Crippen LogP contribution in [0.25, 0.3) is 0 Å². The number of carboxylic acids is 1. The number of carbonyl (C=O) groups is 2. The van der Waals surface area contributed by atoms with Crippen molar-refractivity contribution in [3.63, 3.8) is 0 Å². The summed E-state index contributed by atoms with van der Waals surface area (Å²) >= 11 is 0. The third kappa shape index (κ3) is 3.89. The van der Waals surface area contributed by atoms with E-state index in [2.05, 4.69) is 4.99 Å². The van der Waals surface area contributed by atoms with Crippen LogP contribution in [-0.2, 0) is 4.79 Å². The van der Waals surface area contributed by atoms with E-state index in [1.165, 1.54) is 43.3 Å². The molecule has 2 aromatic carbocycles. The highest BCUT2D eigenvalue weighted by Crippen LogP contribution is 2.22.